The molecular formula is C13H11F3N4O3S. The number of nitriles is 1. The molecule has 1 aliphatic carbocycles. The van der Waals surface area contributed by atoms with Crippen molar-refractivity contribution < 1.29 is 25.8 Å². The fourth-order valence-corrected chi connectivity index (χ4v) is 2.64. The Morgan fingerprint density at radius 3 is 2.75 bits per heavy atom. The lowest BCUT2D eigenvalue weighted by atomic mass is 10.3. The van der Waals surface area contributed by atoms with Crippen LogP contribution in [0.25, 0.3) is 5.52 Å². The highest BCUT2D eigenvalue weighted by Gasteiger charge is 2.49. The average molecular weight is 360 g/mol. The highest BCUT2D eigenvalue weighted by molar-refractivity contribution is 7.88. The van der Waals surface area contributed by atoms with Crippen LogP contribution >= 0.6 is 0 Å². The third-order valence-corrected chi connectivity index (χ3v) is 4.48. The van der Waals surface area contributed by atoms with E-state index in [1.54, 1.807) is 0 Å². The number of pyridine rings is 1. The molecule has 0 unspecified atom stereocenters. The SMILES string of the molecule is N#CN(CC1CC1)c1cnn2cccc(OS(=O)(=O)C(F)(F)F)c12. The van der Waals surface area contributed by atoms with Crippen LogP contribution in [0.3, 0.4) is 0 Å². The van der Waals surface area contributed by atoms with Crippen LogP contribution in [-0.2, 0) is 10.1 Å². The van der Waals surface area contributed by atoms with Gasteiger partial charge in [0.25, 0.3) is 0 Å². The van der Waals surface area contributed by atoms with Gasteiger partial charge in [0.1, 0.15) is 11.2 Å². The topological polar surface area (TPSA) is 87.7 Å². The number of aromatic nitrogens is 2. The second-order valence-corrected chi connectivity index (χ2v) is 6.87. The second-order valence-electron chi connectivity index (χ2n) is 5.33. The molecule has 0 spiro atoms. The standard InChI is InChI=1S/C13H11F3N4O3S/c14-13(15,16)24(21,22)23-11-2-1-5-20-12(11)10(6-18-20)19(8-17)7-9-3-4-9/h1-2,5-6,9H,3-4,7H2. The van der Waals surface area contributed by atoms with Crippen molar-refractivity contribution in [3.63, 3.8) is 0 Å². The van der Waals surface area contributed by atoms with Gasteiger partial charge in [0.15, 0.2) is 11.9 Å². The van der Waals surface area contributed by atoms with Crippen molar-refractivity contribution in [2.24, 2.45) is 5.92 Å². The summed E-state index contributed by atoms with van der Waals surface area (Å²) in [6.45, 7) is 0.387. The first-order chi connectivity index (χ1) is 11.2. The largest absolute Gasteiger partial charge is 0.534 e. The molecule has 24 heavy (non-hydrogen) atoms. The maximum atomic E-state index is 12.6. The van der Waals surface area contributed by atoms with Gasteiger partial charge in [0.2, 0.25) is 0 Å². The Kier molecular flexibility index (Phi) is 3.79. The van der Waals surface area contributed by atoms with E-state index < -0.39 is 21.4 Å². The molecule has 1 saturated carbocycles. The summed E-state index contributed by atoms with van der Waals surface area (Å²) < 4.78 is 65.6. The van der Waals surface area contributed by atoms with E-state index in [0.29, 0.717) is 12.5 Å². The summed E-state index contributed by atoms with van der Waals surface area (Å²) in [5.41, 5.74) is -5.38. The fourth-order valence-electron chi connectivity index (χ4n) is 2.18. The molecule has 2 aromatic rings. The lowest BCUT2D eigenvalue weighted by Gasteiger charge is -2.15. The summed E-state index contributed by atoms with van der Waals surface area (Å²) in [6.07, 6.45) is 6.57. The number of fused-ring (bicyclic) bond motifs is 1. The van der Waals surface area contributed by atoms with E-state index in [4.69, 9.17) is 0 Å². The summed E-state index contributed by atoms with van der Waals surface area (Å²) in [4.78, 5) is 1.27. The summed E-state index contributed by atoms with van der Waals surface area (Å²) in [6, 6.07) is 2.37. The molecule has 0 atom stereocenters. The number of alkyl halides is 3. The molecule has 0 N–H and O–H groups in total. The van der Waals surface area contributed by atoms with Gasteiger partial charge in [-0.15, -0.1) is 0 Å². The van der Waals surface area contributed by atoms with Crippen molar-refractivity contribution in [3.8, 4) is 11.9 Å². The van der Waals surface area contributed by atoms with Crippen molar-refractivity contribution >= 4 is 21.3 Å². The Hall–Kier alpha value is -2.48. The van der Waals surface area contributed by atoms with Gasteiger partial charge in [-0.3, -0.25) is 4.90 Å². The van der Waals surface area contributed by atoms with Crippen LogP contribution in [-0.4, -0.2) is 30.1 Å². The van der Waals surface area contributed by atoms with Crippen LogP contribution in [0, 0.1) is 17.4 Å². The minimum absolute atomic E-state index is 0.0208. The molecular weight excluding hydrogens is 349 g/mol. The molecule has 0 aromatic carbocycles. The lowest BCUT2D eigenvalue weighted by Crippen LogP contribution is -2.28. The quantitative estimate of drug-likeness (QED) is 0.352. The number of rotatable bonds is 5. The van der Waals surface area contributed by atoms with E-state index >= 15 is 0 Å². The van der Waals surface area contributed by atoms with E-state index in [2.05, 4.69) is 9.28 Å². The Morgan fingerprint density at radius 2 is 2.17 bits per heavy atom. The monoisotopic (exact) mass is 360 g/mol. The molecule has 128 valence electrons. The first kappa shape index (κ1) is 16.4. The summed E-state index contributed by atoms with van der Waals surface area (Å²) >= 11 is 0. The van der Waals surface area contributed by atoms with Crippen LogP contribution < -0.4 is 9.08 Å². The average Bonchev–Trinajstić information content (AvgIpc) is 3.21. The summed E-state index contributed by atoms with van der Waals surface area (Å²) in [5, 5.41) is 13.2. The molecule has 1 fully saturated rings. The third-order valence-electron chi connectivity index (χ3n) is 3.52. The molecule has 7 nitrogen and oxygen atoms in total. The van der Waals surface area contributed by atoms with Gasteiger partial charge in [-0.05, 0) is 30.9 Å². The number of hydrogen-bond acceptors (Lipinski definition) is 6. The van der Waals surface area contributed by atoms with Crippen LogP contribution in [0.4, 0.5) is 18.9 Å². The number of nitrogens with zero attached hydrogens (tertiary/aromatic N) is 4. The Labute approximate surface area is 135 Å². The van der Waals surface area contributed by atoms with Crippen molar-refractivity contribution in [1.82, 2.24) is 9.61 Å². The zero-order valence-electron chi connectivity index (χ0n) is 12.1. The lowest BCUT2D eigenvalue weighted by molar-refractivity contribution is -0.0499. The smallest absolute Gasteiger partial charge is 0.374 e. The van der Waals surface area contributed by atoms with Gasteiger partial charge in [0.05, 0.1) is 6.20 Å². The Morgan fingerprint density at radius 1 is 1.46 bits per heavy atom. The van der Waals surface area contributed by atoms with Crippen molar-refractivity contribution in [3.05, 3.63) is 24.5 Å². The minimum Gasteiger partial charge on any atom is -0.374 e. The van der Waals surface area contributed by atoms with E-state index in [1.807, 2.05) is 6.19 Å². The molecule has 2 aromatic heterocycles. The first-order valence-corrected chi connectivity index (χ1v) is 8.28. The molecule has 3 rings (SSSR count). The van der Waals surface area contributed by atoms with Gasteiger partial charge in [-0.2, -0.15) is 31.9 Å². The van der Waals surface area contributed by atoms with E-state index in [9.17, 15) is 26.9 Å². The second kappa shape index (κ2) is 5.55. The maximum Gasteiger partial charge on any atom is 0.534 e. The molecule has 0 amide bonds. The van der Waals surface area contributed by atoms with Gasteiger partial charge in [0, 0.05) is 12.7 Å². The first-order valence-electron chi connectivity index (χ1n) is 6.87. The predicted octanol–water partition coefficient (Wildman–Crippen LogP) is 2.26. The normalized spacial score (nSPS) is 15.2. The van der Waals surface area contributed by atoms with Crippen molar-refractivity contribution in [1.29, 1.82) is 5.26 Å². The van der Waals surface area contributed by atoms with E-state index in [1.165, 1.54) is 23.4 Å². The predicted molar refractivity (Wildman–Crippen MR) is 76.5 cm³/mol. The fraction of sp³-hybridized carbons (Fsp3) is 0.385. The number of anilines is 1. The van der Waals surface area contributed by atoms with E-state index in [0.717, 1.165) is 23.4 Å². The highest BCUT2D eigenvalue weighted by Crippen LogP contribution is 2.36. The van der Waals surface area contributed by atoms with Crippen LogP contribution in [0.1, 0.15) is 12.8 Å². The van der Waals surface area contributed by atoms with Gasteiger partial charge in [-0.1, -0.05) is 0 Å². The zero-order valence-corrected chi connectivity index (χ0v) is 12.9. The van der Waals surface area contributed by atoms with Crippen molar-refractivity contribution in [2.45, 2.75) is 18.3 Å². The Bertz CT molecular complexity index is 913. The van der Waals surface area contributed by atoms with Gasteiger partial charge >= 0.3 is 15.6 Å². The Balaban J connectivity index is 2.06. The molecule has 0 aliphatic heterocycles. The minimum atomic E-state index is -5.82. The molecule has 2 heterocycles. The summed E-state index contributed by atoms with van der Waals surface area (Å²) in [5.74, 6) is -0.218. The molecule has 11 heteroatoms. The van der Waals surface area contributed by atoms with Gasteiger partial charge in [-0.25, -0.2) is 4.52 Å². The summed E-state index contributed by atoms with van der Waals surface area (Å²) in [7, 11) is -5.82. The van der Waals surface area contributed by atoms with Crippen LogP contribution in [0.2, 0.25) is 0 Å². The maximum absolute atomic E-state index is 12.6. The highest BCUT2D eigenvalue weighted by atomic mass is 32.2. The molecule has 0 bridgehead atoms. The van der Waals surface area contributed by atoms with Gasteiger partial charge < -0.3 is 4.18 Å². The number of hydrogen-bond donors (Lipinski definition) is 0. The third kappa shape index (κ3) is 2.96. The zero-order chi connectivity index (χ0) is 17.5. The molecule has 0 radical (unpaired) electrons. The van der Waals surface area contributed by atoms with E-state index in [-0.39, 0.29) is 11.2 Å². The van der Waals surface area contributed by atoms with Crippen LogP contribution in [0.15, 0.2) is 24.5 Å². The van der Waals surface area contributed by atoms with Crippen LogP contribution in [0.5, 0.6) is 5.75 Å². The molecule has 1 aliphatic rings. The number of halogens is 3. The molecule has 0 saturated heterocycles. The van der Waals surface area contributed by atoms with Crippen molar-refractivity contribution in [2.75, 3.05) is 11.4 Å².